The van der Waals surface area contributed by atoms with Gasteiger partial charge in [-0.05, 0) is 42.4 Å². The van der Waals surface area contributed by atoms with Crippen LogP contribution in [0, 0.1) is 5.41 Å². The topological polar surface area (TPSA) is 32.3 Å². The van der Waals surface area contributed by atoms with Crippen LogP contribution < -0.4 is 5.32 Å². The molecule has 2 nitrogen and oxygen atoms in total. The van der Waals surface area contributed by atoms with Gasteiger partial charge in [-0.25, -0.2) is 0 Å². The standard InChI is InChI=1S/C16H27NO/c1-5-16(6-2,12-17-13(3)4)11-14-7-9-15(18)10-8-14/h7-10,13,17-18H,5-6,11-12H2,1-4H3. The highest BCUT2D eigenvalue weighted by Gasteiger charge is 2.26. The van der Waals surface area contributed by atoms with Crippen molar-refractivity contribution >= 4 is 0 Å². The van der Waals surface area contributed by atoms with E-state index in [1.54, 1.807) is 12.1 Å². The number of benzene rings is 1. The molecule has 0 aliphatic rings. The Morgan fingerprint density at radius 3 is 2.11 bits per heavy atom. The highest BCUT2D eigenvalue weighted by atomic mass is 16.3. The highest BCUT2D eigenvalue weighted by Crippen LogP contribution is 2.31. The first-order chi connectivity index (χ1) is 8.51. The lowest BCUT2D eigenvalue weighted by Crippen LogP contribution is -2.38. The summed E-state index contributed by atoms with van der Waals surface area (Å²) in [6.45, 7) is 9.98. The van der Waals surface area contributed by atoms with E-state index in [2.05, 4.69) is 33.0 Å². The molecule has 18 heavy (non-hydrogen) atoms. The summed E-state index contributed by atoms with van der Waals surface area (Å²) in [6, 6.07) is 8.15. The predicted molar refractivity (Wildman–Crippen MR) is 78.0 cm³/mol. The first-order valence-electron chi connectivity index (χ1n) is 7.02. The summed E-state index contributed by atoms with van der Waals surface area (Å²) >= 11 is 0. The molecule has 2 heteroatoms. The molecule has 0 spiro atoms. The van der Waals surface area contributed by atoms with Crippen LogP contribution in [0.3, 0.4) is 0 Å². The van der Waals surface area contributed by atoms with Crippen LogP contribution in [0.25, 0.3) is 0 Å². The maximum Gasteiger partial charge on any atom is 0.115 e. The maximum absolute atomic E-state index is 9.33. The minimum atomic E-state index is 0.321. The van der Waals surface area contributed by atoms with Crippen molar-refractivity contribution in [3.05, 3.63) is 29.8 Å². The molecular formula is C16H27NO. The number of rotatable bonds is 7. The van der Waals surface area contributed by atoms with E-state index in [1.165, 1.54) is 18.4 Å². The van der Waals surface area contributed by atoms with E-state index in [1.807, 2.05) is 12.1 Å². The fourth-order valence-corrected chi connectivity index (χ4v) is 2.28. The van der Waals surface area contributed by atoms with Crippen molar-refractivity contribution < 1.29 is 5.11 Å². The summed E-state index contributed by atoms with van der Waals surface area (Å²) in [5, 5.41) is 12.9. The third kappa shape index (κ3) is 4.34. The summed E-state index contributed by atoms with van der Waals surface area (Å²) in [5.41, 5.74) is 1.63. The van der Waals surface area contributed by atoms with Gasteiger partial charge < -0.3 is 10.4 Å². The van der Waals surface area contributed by atoms with Crippen molar-refractivity contribution in [3.63, 3.8) is 0 Å². The van der Waals surface area contributed by atoms with Gasteiger partial charge in [0.1, 0.15) is 5.75 Å². The second-order valence-electron chi connectivity index (χ2n) is 5.59. The number of aromatic hydroxyl groups is 1. The number of phenols is 1. The van der Waals surface area contributed by atoms with Crippen molar-refractivity contribution in [3.8, 4) is 5.75 Å². The van der Waals surface area contributed by atoms with Crippen LogP contribution in [0.15, 0.2) is 24.3 Å². The summed E-state index contributed by atoms with van der Waals surface area (Å²) < 4.78 is 0. The Morgan fingerprint density at radius 2 is 1.67 bits per heavy atom. The van der Waals surface area contributed by atoms with Gasteiger partial charge in [0.15, 0.2) is 0 Å². The lowest BCUT2D eigenvalue weighted by Gasteiger charge is -2.33. The molecule has 1 rings (SSSR count). The van der Waals surface area contributed by atoms with E-state index in [9.17, 15) is 5.11 Å². The average Bonchev–Trinajstić information content (AvgIpc) is 2.37. The molecule has 0 aliphatic heterocycles. The Balaban J connectivity index is 2.74. The zero-order valence-corrected chi connectivity index (χ0v) is 12.2. The lowest BCUT2D eigenvalue weighted by molar-refractivity contribution is 0.239. The first-order valence-corrected chi connectivity index (χ1v) is 7.02. The summed E-state index contributed by atoms with van der Waals surface area (Å²) in [4.78, 5) is 0. The van der Waals surface area contributed by atoms with E-state index in [0.717, 1.165) is 13.0 Å². The second kappa shape index (κ2) is 6.79. The summed E-state index contributed by atoms with van der Waals surface area (Å²) in [6.07, 6.45) is 3.41. The van der Waals surface area contributed by atoms with Gasteiger partial charge in [0.2, 0.25) is 0 Å². The Hall–Kier alpha value is -1.02. The molecule has 0 amide bonds. The smallest absolute Gasteiger partial charge is 0.115 e. The van der Waals surface area contributed by atoms with E-state index >= 15 is 0 Å². The van der Waals surface area contributed by atoms with E-state index in [0.29, 0.717) is 17.2 Å². The monoisotopic (exact) mass is 249 g/mol. The minimum Gasteiger partial charge on any atom is -0.508 e. The van der Waals surface area contributed by atoms with Crippen molar-refractivity contribution in [2.45, 2.75) is 53.0 Å². The third-order valence-corrected chi connectivity index (χ3v) is 3.90. The van der Waals surface area contributed by atoms with Crippen molar-refractivity contribution in [1.29, 1.82) is 0 Å². The molecule has 0 aliphatic carbocycles. The molecular weight excluding hydrogens is 222 g/mol. The van der Waals surface area contributed by atoms with Crippen LogP contribution >= 0.6 is 0 Å². The molecule has 1 aromatic rings. The van der Waals surface area contributed by atoms with Gasteiger partial charge in [-0.3, -0.25) is 0 Å². The van der Waals surface area contributed by atoms with Crippen molar-refractivity contribution in [2.75, 3.05) is 6.54 Å². The Morgan fingerprint density at radius 1 is 1.11 bits per heavy atom. The normalized spacial score (nSPS) is 12.1. The third-order valence-electron chi connectivity index (χ3n) is 3.90. The largest absolute Gasteiger partial charge is 0.508 e. The Kier molecular flexibility index (Phi) is 5.67. The van der Waals surface area contributed by atoms with Crippen LogP contribution in [-0.2, 0) is 6.42 Å². The zero-order chi connectivity index (χ0) is 13.6. The van der Waals surface area contributed by atoms with E-state index in [4.69, 9.17) is 0 Å². The SMILES string of the molecule is CCC(CC)(CNC(C)C)Cc1ccc(O)cc1. The quantitative estimate of drug-likeness (QED) is 0.771. The molecule has 0 saturated heterocycles. The highest BCUT2D eigenvalue weighted by molar-refractivity contribution is 5.26. The summed E-state index contributed by atoms with van der Waals surface area (Å²) in [7, 11) is 0. The number of phenolic OH excluding ortho intramolecular Hbond substituents is 1. The Bertz CT molecular complexity index is 339. The van der Waals surface area contributed by atoms with E-state index < -0.39 is 0 Å². The maximum atomic E-state index is 9.33. The van der Waals surface area contributed by atoms with Gasteiger partial charge in [-0.15, -0.1) is 0 Å². The van der Waals surface area contributed by atoms with Crippen LogP contribution in [0.2, 0.25) is 0 Å². The van der Waals surface area contributed by atoms with Gasteiger partial charge >= 0.3 is 0 Å². The Labute approximate surface area is 111 Å². The first kappa shape index (κ1) is 15.0. The molecule has 0 heterocycles. The van der Waals surface area contributed by atoms with Gasteiger partial charge in [0.25, 0.3) is 0 Å². The van der Waals surface area contributed by atoms with E-state index in [-0.39, 0.29) is 0 Å². The average molecular weight is 249 g/mol. The molecule has 2 N–H and O–H groups in total. The molecule has 0 aromatic heterocycles. The second-order valence-corrected chi connectivity index (χ2v) is 5.59. The fraction of sp³-hybridized carbons (Fsp3) is 0.625. The van der Waals surface area contributed by atoms with Gasteiger partial charge in [-0.2, -0.15) is 0 Å². The molecule has 0 atom stereocenters. The molecule has 0 saturated carbocycles. The number of nitrogens with one attached hydrogen (secondary N) is 1. The molecule has 102 valence electrons. The predicted octanol–water partition coefficient (Wildman–Crippen LogP) is 3.74. The fourth-order valence-electron chi connectivity index (χ4n) is 2.28. The molecule has 0 fully saturated rings. The molecule has 0 unspecified atom stereocenters. The van der Waals surface area contributed by atoms with Crippen LogP contribution in [0.1, 0.15) is 46.1 Å². The lowest BCUT2D eigenvalue weighted by atomic mass is 9.76. The zero-order valence-electron chi connectivity index (χ0n) is 12.2. The molecule has 1 aromatic carbocycles. The van der Waals surface area contributed by atoms with Crippen LogP contribution in [0.4, 0.5) is 0 Å². The van der Waals surface area contributed by atoms with Gasteiger partial charge in [0, 0.05) is 12.6 Å². The van der Waals surface area contributed by atoms with Gasteiger partial charge in [0.05, 0.1) is 0 Å². The van der Waals surface area contributed by atoms with Gasteiger partial charge in [-0.1, -0.05) is 39.8 Å². The molecule has 0 radical (unpaired) electrons. The number of hydrogen-bond acceptors (Lipinski definition) is 2. The molecule has 0 bridgehead atoms. The minimum absolute atomic E-state index is 0.321. The van der Waals surface area contributed by atoms with Crippen molar-refractivity contribution in [1.82, 2.24) is 5.32 Å². The summed E-state index contributed by atoms with van der Waals surface area (Å²) in [5.74, 6) is 0.345. The van der Waals surface area contributed by atoms with Crippen molar-refractivity contribution in [2.24, 2.45) is 5.41 Å². The van der Waals surface area contributed by atoms with Crippen LogP contribution in [0.5, 0.6) is 5.75 Å². The number of hydrogen-bond donors (Lipinski definition) is 2. The van der Waals surface area contributed by atoms with Crippen LogP contribution in [-0.4, -0.2) is 17.7 Å².